The molecule has 2 rings (SSSR count). The fourth-order valence-corrected chi connectivity index (χ4v) is 3.98. The molecule has 0 radical (unpaired) electrons. The van der Waals surface area contributed by atoms with Gasteiger partial charge in [-0.05, 0) is 62.3 Å². The fourth-order valence-electron chi connectivity index (χ4n) is 3.98. The van der Waals surface area contributed by atoms with Gasteiger partial charge in [-0.2, -0.15) is 0 Å². The number of fused-ring (bicyclic) bond motifs is 1. The molecule has 1 amide bonds. The van der Waals surface area contributed by atoms with Crippen LogP contribution in [0.15, 0.2) is 0 Å². The van der Waals surface area contributed by atoms with Gasteiger partial charge in [0.25, 0.3) is 0 Å². The van der Waals surface area contributed by atoms with Crippen molar-refractivity contribution in [2.75, 3.05) is 0 Å². The van der Waals surface area contributed by atoms with Crippen molar-refractivity contribution in [1.29, 1.82) is 0 Å². The Kier molecular flexibility index (Phi) is 5.78. The lowest BCUT2D eigenvalue weighted by Crippen LogP contribution is -2.59. The van der Waals surface area contributed by atoms with Gasteiger partial charge < -0.3 is 24.6 Å². The number of amides is 1. The van der Waals surface area contributed by atoms with Crippen molar-refractivity contribution in [3.05, 3.63) is 0 Å². The molecule has 0 spiro atoms. The molecule has 8 nitrogen and oxygen atoms in total. The number of carbonyl (C=O) groups excluding carboxylic acids is 3. The van der Waals surface area contributed by atoms with Crippen molar-refractivity contribution in [3.63, 3.8) is 0 Å². The molecule has 29 heavy (non-hydrogen) atoms. The number of nitrogens with one attached hydrogen (secondary N) is 1. The minimum Gasteiger partial charge on any atom is -0.460 e. The first-order valence-electron chi connectivity index (χ1n) is 10.0. The van der Waals surface area contributed by atoms with Crippen LogP contribution in [-0.2, 0) is 23.8 Å². The van der Waals surface area contributed by atoms with E-state index >= 15 is 0 Å². The molecule has 2 N–H and O–H groups in total. The number of hydrogen-bond acceptors (Lipinski definition) is 7. The summed E-state index contributed by atoms with van der Waals surface area (Å²) >= 11 is 0. The second-order valence-electron chi connectivity index (χ2n) is 11.0. The van der Waals surface area contributed by atoms with Crippen LogP contribution in [0.4, 0.5) is 4.79 Å². The van der Waals surface area contributed by atoms with Crippen LogP contribution in [0.25, 0.3) is 0 Å². The van der Waals surface area contributed by atoms with Gasteiger partial charge in [0.1, 0.15) is 22.3 Å². The van der Waals surface area contributed by atoms with Crippen LogP contribution in [0.2, 0.25) is 0 Å². The summed E-state index contributed by atoms with van der Waals surface area (Å²) in [6.45, 7) is 15.5. The minimum absolute atomic E-state index is 0.0458. The van der Waals surface area contributed by atoms with Crippen LogP contribution in [0.1, 0.15) is 68.7 Å². The normalized spacial score (nSPS) is 31.5. The number of hydrogen-bond donors (Lipinski definition) is 2. The van der Waals surface area contributed by atoms with E-state index in [1.54, 1.807) is 62.3 Å². The second-order valence-corrected chi connectivity index (χ2v) is 11.0. The standard InChI is InChI=1S/C21H35NO7/c1-18(2,3)27-15(24)13-12-11(23)10-21(14(12)13,16(25)28-19(4,5)6)22-17(26)29-20(7,8)9/h11-14,23H,10H2,1-9H3,(H,22,26)/t11-,12-,13-,14-,21+/m0/s1. The Labute approximate surface area is 172 Å². The van der Waals surface area contributed by atoms with E-state index in [-0.39, 0.29) is 6.42 Å². The van der Waals surface area contributed by atoms with E-state index in [4.69, 9.17) is 14.2 Å². The first-order chi connectivity index (χ1) is 12.9. The molecule has 8 heteroatoms. The number of carbonyl (C=O) groups is 3. The third-order valence-electron chi connectivity index (χ3n) is 4.79. The Morgan fingerprint density at radius 2 is 1.34 bits per heavy atom. The average molecular weight is 414 g/mol. The van der Waals surface area contributed by atoms with E-state index in [9.17, 15) is 19.5 Å². The maximum absolute atomic E-state index is 13.2. The third-order valence-corrected chi connectivity index (χ3v) is 4.79. The lowest BCUT2D eigenvalue weighted by molar-refractivity contribution is -0.166. The molecule has 2 aliphatic rings. The van der Waals surface area contributed by atoms with Gasteiger partial charge in [0.15, 0.2) is 0 Å². The SMILES string of the molecule is CC(C)(C)OC(=O)N[C@]1(C(=O)OC(C)(C)C)C[C@H](O)[C@H]2[C@H](C(=O)OC(C)(C)C)[C@H]21. The fraction of sp³-hybridized carbons (Fsp3) is 0.857. The quantitative estimate of drug-likeness (QED) is 0.540. The first kappa shape index (κ1) is 23.4. The molecule has 0 aromatic heterocycles. The molecule has 0 aliphatic heterocycles. The summed E-state index contributed by atoms with van der Waals surface area (Å²) in [5.74, 6) is -2.97. The highest BCUT2D eigenvalue weighted by Crippen LogP contribution is 2.63. The van der Waals surface area contributed by atoms with Gasteiger partial charge >= 0.3 is 18.0 Å². The molecule has 0 saturated heterocycles. The van der Waals surface area contributed by atoms with Crippen molar-refractivity contribution >= 4 is 18.0 Å². The second kappa shape index (κ2) is 7.15. The number of aliphatic hydroxyl groups is 1. The summed E-state index contributed by atoms with van der Waals surface area (Å²) < 4.78 is 16.3. The predicted octanol–water partition coefficient (Wildman–Crippen LogP) is 2.56. The Hall–Kier alpha value is -1.83. The zero-order valence-corrected chi connectivity index (χ0v) is 18.9. The predicted molar refractivity (Wildman–Crippen MR) is 105 cm³/mol. The summed E-state index contributed by atoms with van der Waals surface area (Å²) in [6.07, 6.45) is -1.79. The summed E-state index contributed by atoms with van der Waals surface area (Å²) in [5, 5.41) is 13.2. The maximum Gasteiger partial charge on any atom is 0.408 e. The molecule has 2 aliphatic carbocycles. The van der Waals surface area contributed by atoms with E-state index in [1.165, 1.54) is 0 Å². The smallest absolute Gasteiger partial charge is 0.408 e. The summed E-state index contributed by atoms with van der Waals surface area (Å²) in [6, 6.07) is 0. The zero-order chi connectivity index (χ0) is 22.6. The van der Waals surface area contributed by atoms with Crippen molar-refractivity contribution in [3.8, 4) is 0 Å². The Morgan fingerprint density at radius 1 is 0.862 bits per heavy atom. The van der Waals surface area contributed by atoms with Crippen LogP contribution in [0, 0.1) is 17.8 Å². The zero-order valence-electron chi connectivity index (χ0n) is 18.9. The van der Waals surface area contributed by atoms with Gasteiger partial charge in [-0.25, -0.2) is 9.59 Å². The third kappa shape index (κ3) is 5.41. The van der Waals surface area contributed by atoms with E-state index in [2.05, 4.69) is 5.32 Å². The van der Waals surface area contributed by atoms with Gasteiger partial charge in [0.05, 0.1) is 12.0 Å². The molecule has 0 unspecified atom stereocenters. The van der Waals surface area contributed by atoms with Crippen LogP contribution < -0.4 is 5.32 Å². The summed E-state index contributed by atoms with van der Waals surface area (Å²) in [5.41, 5.74) is -3.84. The monoisotopic (exact) mass is 413 g/mol. The number of ether oxygens (including phenoxy) is 3. The molecular formula is C21H35NO7. The van der Waals surface area contributed by atoms with Crippen molar-refractivity contribution in [2.24, 2.45) is 17.8 Å². The van der Waals surface area contributed by atoms with E-state index < -0.39 is 64.2 Å². The minimum atomic E-state index is -1.55. The van der Waals surface area contributed by atoms with Crippen LogP contribution in [0.5, 0.6) is 0 Å². The molecular weight excluding hydrogens is 378 g/mol. The summed E-state index contributed by atoms with van der Waals surface area (Å²) in [4.78, 5) is 38.4. The molecule has 5 atom stereocenters. The van der Waals surface area contributed by atoms with Crippen molar-refractivity contribution in [2.45, 2.75) is 97.2 Å². The van der Waals surface area contributed by atoms with Crippen molar-refractivity contribution < 1.29 is 33.7 Å². The van der Waals surface area contributed by atoms with Gasteiger partial charge in [-0.1, -0.05) is 0 Å². The lowest BCUT2D eigenvalue weighted by atomic mass is 9.89. The largest absolute Gasteiger partial charge is 0.460 e. The Morgan fingerprint density at radius 3 is 1.79 bits per heavy atom. The maximum atomic E-state index is 13.2. The van der Waals surface area contributed by atoms with Crippen LogP contribution in [-0.4, -0.2) is 51.6 Å². The molecule has 2 saturated carbocycles. The number of esters is 2. The Bertz CT molecular complexity index is 683. The van der Waals surface area contributed by atoms with Crippen molar-refractivity contribution in [1.82, 2.24) is 5.32 Å². The van der Waals surface area contributed by atoms with Gasteiger partial charge in [-0.15, -0.1) is 0 Å². The van der Waals surface area contributed by atoms with E-state index in [0.717, 1.165) is 0 Å². The summed E-state index contributed by atoms with van der Waals surface area (Å²) in [7, 11) is 0. The highest BCUT2D eigenvalue weighted by atomic mass is 16.6. The van der Waals surface area contributed by atoms with E-state index in [1.807, 2.05) is 0 Å². The molecule has 0 aromatic rings. The van der Waals surface area contributed by atoms with E-state index in [0.29, 0.717) is 0 Å². The topological polar surface area (TPSA) is 111 Å². The highest BCUT2D eigenvalue weighted by molar-refractivity contribution is 5.91. The molecule has 0 heterocycles. The number of rotatable bonds is 3. The molecule has 2 fully saturated rings. The van der Waals surface area contributed by atoms with Gasteiger partial charge in [0.2, 0.25) is 0 Å². The lowest BCUT2D eigenvalue weighted by Gasteiger charge is -2.35. The highest BCUT2D eigenvalue weighted by Gasteiger charge is 2.76. The van der Waals surface area contributed by atoms with Gasteiger partial charge in [0, 0.05) is 18.3 Å². The Balaban J connectivity index is 2.34. The molecule has 0 aromatic carbocycles. The van der Waals surface area contributed by atoms with Crippen LogP contribution >= 0.6 is 0 Å². The van der Waals surface area contributed by atoms with Crippen LogP contribution in [0.3, 0.4) is 0 Å². The number of aliphatic hydroxyl groups excluding tert-OH is 1. The van der Waals surface area contributed by atoms with Gasteiger partial charge in [-0.3, -0.25) is 4.79 Å². The molecule has 0 bridgehead atoms. The molecule has 166 valence electrons. The average Bonchev–Trinajstić information content (AvgIpc) is 3.10. The number of alkyl carbamates (subject to hydrolysis) is 1. The first-order valence-corrected chi connectivity index (χ1v) is 10.0.